The number of esters is 1. The van der Waals surface area contributed by atoms with E-state index in [0.717, 1.165) is 5.56 Å². The Balaban J connectivity index is 2.49. The van der Waals surface area contributed by atoms with Crippen molar-refractivity contribution < 1.29 is 19.2 Å². The number of rotatable bonds is 5. The maximum atomic E-state index is 13.4. The first-order valence-corrected chi connectivity index (χ1v) is 9.11. The minimum atomic E-state index is -2.90. The third-order valence-electron chi connectivity index (χ3n) is 3.50. The van der Waals surface area contributed by atoms with Crippen molar-refractivity contribution in [3.8, 4) is 0 Å². The molecule has 2 aromatic rings. The van der Waals surface area contributed by atoms with Crippen LogP contribution in [0, 0.1) is 0 Å². The van der Waals surface area contributed by atoms with Crippen LogP contribution in [0.4, 0.5) is 0 Å². The minimum Gasteiger partial charge on any atom is -0.461 e. The first-order chi connectivity index (χ1) is 10.5. The number of ether oxygens (including phenoxy) is 1. The van der Waals surface area contributed by atoms with E-state index in [4.69, 9.17) is 4.74 Å². The van der Waals surface area contributed by atoms with E-state index in [1.54, 1.807) is 43.1 Å². The van der Waals surface area contributed by atoms with Crippen LogP contribution in [-0.4, -0.2) is 17.7 Å². The molecule has 5 heteroatoms. The fraction of sp³-hybridized carbons (Fsp3) is 0.235. The molecule has 0 fully saturated rings. The summed E-state index contributed by atoms with van der Waals surface area (Å²) < 4.78 is 18.5. The van der Waals surface area contributed by atoms with Gasteiger partial charge in [0.1, 0.15) is 13.7 Å². The lowest BCUT2D eigenvalue weighted by Crippen LogP contribution is -2.22. The molecule has 0 saturated heterocycles. The summed E-state index contributed by atoms with van der Waals surface area (Å²) in [6.45, 7) is 2.94. The van der Waals surface area contributed by atoms with Crippen LogP contribution in [0.15, 0.2) is 48.5 Å². The van der Waals surface area contributed by atoms with Gasteiger partial charge in [-0.25, -0.2) is 0 Å². The maximum Gasteiger partial charge on any atom is 0.302 e. The van der Waals surface area contributed by atoms with Crippen LogP contribution in [0.5, 0.6) is 0 Å². The Kier molecular flexibility index (Phi) is 5.17. The van der Waals surface area contributed by atoms with E-state index < -0.39 is 7.14 Å². The van der Waals surface area contributed by atoms with Crippen LogP contribution >= 0.6 is 7.14 Å². The quantitative estimate of drug-likeness (QED) is 0.678. The molecule has 0 radical (unpaired) electrons. The Morgan fingerprint density at radius 2 is 1.55 bits per heavy atom. The van der Waals surface area contributed by atoms with Gasteiger partial charge in [0.05, 0.1) is 6.61 Å². The lowest BCUT2D eigenvalue weighted by molar-refractivity contribution is -0.142. The average Bonchev–Trinajstić information content (AvgIpc) is 2.53. The molecule has 0 spiro atoms. The summed E-state index contributed by atoms with van der Waals surface area (Å²) >= 11 is 0. The second-order valence-corrected chi connectivity index (χ2v) is 7.93. The van der Waals surface area contributed by atoms with Crippen molar-refractivity contribution in [3.63, 3.8) is 0 Å². The van der Waals surface area contributed by atoms with E-state index in [1.807, 2.05) is 12.1 Å². The van der Waals surface area contributed by atoms with Crippen molar-refractivity contribution in [3.05, 3.63) is 59.7 Å². The predicted molar refractivity (Wildman–Crippen MR) is 87.1 cm³/mol. The number of carbonyl (C=O) groups excluding carboxylic acids is 1. The molecule has 0 aromatic heterocycles. The number of benzene rings is 2. The van der Waals surface area contributed by atoms with Crippen LogP contribution in [0.3, 0.4) is 0 Å². The third-order valence-corrected chi connectivity index (χ3v) is 6.22. The highest BCUT2D eigenvalue weighted by Gasteiger charge is 2.26. The molecule has 2 aromatic carbocycles. The molecule has 4 nitrogen and oxygen atoms in total. The molecule has 0 aliphatic carbocycles. The summed E-state index contributed by atoms with van der Waals surface area (Å²) in [7, 11) is -2.90. The zero-order chi connectivity index (χ0) is 16.2. The van der Waals surface area contributed by atoms with Crippen molar-refractivity contribution >= 4 is 23.7 Å². The average molecular weight is 318 g/mol. The highest BCUT2D eigenvalue weighted by atomic mass is 31.2. The fourth-order valence-corrected chi connectivity index (χ4v) is 4.80. The van der Waals surface area contributed by atoms with Crippen LogP contribution in [0.2, 0.25) is 0 Å². The molecule has 0 bridgehead atoms. The number of hydrogen-bond donors (Lipinski definition) is 1. The highest BCUT2D eigenvalue weighted by Crippen LogP contribution is 2.41. The normalized spacial score (nSPS) is 13.4. The van der Waals surface area contributed by atoms with Crippen molar-refractivity contribution in [2.75, 3.05) is 6.66 Å². The van der Waals surface area contributed by atoms with Gasteiger partial charge in [-0.3, -0.25) is 4.79 Å². The zero-order valence-electron chi connectivity index (χ0n) is 12.7. The number of hydrogen-bond acceptors (Lipinski definition) is 4. The zero-order valence-corrected chi connectivity index (χ0v) is 13.5. The van der Waals surface area contributed by atoms with Gasteiger partial charge in [-0.15, -0.1) is 0 Å². The first-order valence-electron chi connectivity index (χ1n) is 6.95. The minimum absolute atomic E-state index is 0.0879. The standard InChI is InChI=1S/C17H19O4P/c1-13(19)21-12-15-8-4-6-10-17(15)22(2,20)16-9-5-3-7-14(16)11-18/h3-10,18H,11-12H2,1-2H3. The van der Waals surface area contributed by atoms with Crippen LogP contribution in [0.25, 0.3) is 0 Å². The summed E-state index contributed by atoms with van der Waals surface area (Å²) in [4.78, 5) is 11.0. The molecule has 1 atom stereocenters. The molecule has 0 saturated carbocycles. The molecule has 116 valence electrons. The number of aliphatic hydroxyl groups is 1. The Morgan fingerprint density at radius 3 is 2.09 bits per heavy atom. The van der Waals surface area contributed by atoms with Gasteiger partial charge in [-0.05, 0) is 12.2 Å². The fourth-order valence-electron chi connectivity index (χ4n) is 2.42. The third kappa shape index (κ3) is 3.46. The van der Waals surface area contributed by atoms with E-state index in [-0.39, 0.29) is 19.2 Å². The van der Waals surface area contributed by atoms with Gasteiger partial charge in [0.15, 0.2) is 0 Å². The molecule has 1 N–H and O–H groups in total. The molecule has 0 aliphatic heterocycles. The highest BCUT2D eigenvalue weighted by molar-refractivity contribution is 7.78. The molecule has 0 amide bonds. The number of carbonyl (C=O) groups is 1. The molecule has 2 rings (SSSR count). The van der Waals surface area contributed by atoms with Gasteiger partial charge in [0.25, 0.3) is 0 Å². The lowest BCUT2D eigenvalue weighted by atomic mass is 10.2. The molecular weight excluding hydrogens is 299 g/mol. The molecule has 22 heavy (non-hydrogen) atoms. The van der Waals surface area contributed by atoms with Gasteiger partial charge in [0, 0.05) is 23.1 Å². The second kappa shape index (κ2) is 6.91. The van der Waals surface area contributed by atoms with Crippen LogP contribution in [0.1, 0.15) is 18.1 Å². The summed E-state index contributed by atoms with van der Waals surface area (Å²) in [6, 6.07) is 14.4. The van der Waals surface area contributed by atoms with E-state index in [2.05, 4.69) is 0 Å². The van der Waals surface area contributed by atoms with Gasteiger partial charge in [-0.1, -0.05) is 48.5 Å². The van der Waals surface area contributed by atoms with Crippen LogP contribution in [-0.2, 0) is 27.3 Å². The monoisotopic (exact) mass is 318 g/mol. The van der Waals surface area contributed by atoms with Crippen LogP contribution < -0.4 is 10.6 Å². The van der Waals surface area contributed by atoms with Crippen molar-refractivity contribution in [2.45, 2.75) is 20.1 Å². The maximum absolute atomic E-state index is 13.4. The number of aliphatic hydroxyl groups excluding tert-OH is 1. The van der Waals surface area contributed by atoms with Gasteiger partial charge in [0.2, 0.25) is 0 Å². The smallest absolute Gasteiger partial charge is 0.302 e. The van der Waals surface area contributed by atoms with Gasteiger partial charge < -0.3 is 14.4 Å². The van der Waals surface area contributed by atoms with E-state index in [0.29, 0.717) is 16.2 Å². The summed E-state index contributed by atoms with van der Waals surface area (Å²) in [5, 5.41) is 10.8. The summed E-state index contributed by atoms with van der Waals surface area (Å²) in [5.74, 6) is -0.378. The largest absolute Gasteiger partial charge is 0.461 e. The lowest BCUT2D eigenvalue weighted by Gasteiger charge is -2.20. The molecular formula is C17H19O4P. The van der Waals surface area contributed by atoms with E-state index in [9.17, 15) is 14.5 Å². The van der Waals surface area contributed by atoms with Gasteiger partial charge in [-0.2, -0.15) is 0 Å². The Morgan fingerprint density at radius 1 is 1.05 bits per heavy atom. The Labute approximate surface area is 130 Å². The molecule has 1 unspecified atom stereocenters. The summed E-state index contributed by atoms with van der Waals surface area (Å²) in [5.41, 5.74) is 1.37. The topological polar surface area (TPSA) is 63.6 Å². The van der Waals surface area contributed by atoms with Gasteiger partial charge >= 0.3 is 5.97 Å². The van der Waals surface area contributed by atoms with E-state index >= 15 is 0 Å². The van der Waals surface area contributed by atoms with Crippen molar-refractivity contribution in [2.24, 2.45) is 0 Å². The Hall–Kier alpha value is -1.90. The second-order valence-electron chi connectivity index (χ2n) is 5.12. The molecule has 0 aliphatic rings. The first kappa shape index (κ1) is 16.5. The van der Waals surface area contributed by atoms with Crippen molar-refractivity contribution in [1.29, 1.82) is 0 Å². The van der Waals surface area contributed by atoms with Crippen molar-refractivity contribution in [1.82, 2.24) is 0 Å². The predicted octanol–water partition coefficient (Wildman–Crippen LogP) is 2.19. The summed E-state index contributed by atoms with van der Waals surface area (Å²) in [6.07, 6.45) is 0. The molecule has 0 heterocycles. The van der Waals surface area contributed by atoms with E-state index in [1.165, 1.54) is 6.92 Å². The Bertz CT molecular complexity index is 724. The SMILES string of the molecule is CC(=O)OCc1ccccc1P(C)(=O)c1ccccc1CO.